The van der Waals surface area contributed by atoms with Crippen molar-refractivity contribution in [3.05, 3.63) is 70.8 Å². The molecule has 0 atom stereocenters. The predicted octanol–water partition coefficient (Wildman–Crippen LogP) is 4.60. The molecule has 2 nitrogen and oxygen atoms in total. The fraction of sp³-hybridized carbons (Fsp3) is 0.238. The zero-order chi connectivity index (χ0) is 16.0. The number of benzene rings is 3. The Morgan fingerprint density at radius 2 is 1.78 bits per heavy atom. The number of aryl methyl sites for hydroxylation is 1. The van der Waals surface area contributed by atoms with E-state index in [1.807, 2.05) is 0 Å². The van der Waals surface area contributed by atoms with E-state index in [-0.39, 0.29) is 0 Å². The van der Waals surface area contributed by atoms with Gasteiger partial charge in [-0.25, -0.2) is 0 Å². The number of hydrogen-bond donors (Lipinski definition) is 1. The van der Waals surface area contributed by atoms with Crippen molar-refractivity contribution in [3.63, 3.8) is 0 Å². The predicted molar refractivity (Wildman–Crippen MR) is 99.0 cm³/mol. The summed E-state index contributed by atoms with van der Waals surface area (Å²) in [6, 6.07) is 17.6. The summed E-state index contributed by atoms with van der Waals surface area (Å²) in [5.74, 6) is 0. The van der Waals surface area contributed by atoms with E-state index < -0.39 is 0 Å². The van der Waals surface area contributed by atoms with Gasteiger partial charge in [-0.3, -0.25) is 0 Å². The number of nitrogens with zero attached hydrogens (tertiary/aromatic N) is 1. The summed E-state index contributed by atoms with van der Waals surface area (Å²) in [6.07, 6.45) is 1.10. The molecule has 0 aliphatic carbocycles. The molecule has 0 fully saturated rings. The summed E-state index contributed by atoms with van der Waals surface area (Å²) in [7, 11) is 0. The van der Waals surface area contributed by atoms with E-state index in [0.717, 1.165) is 25.2 Å². The molecule has 0 saturated carbocycles. The van der Waals surface area contributed by atoms with E-state index in [1.165, 1.54) is 38.7 Å². The summed E-state index contributed by atoms with van der Waals surface area (Å²) in [5.41, 5.74) is 13.8. The first-order valence-corrected chi connectivity index (χ1v) is 8.24. The molecule has 3 aromatic rings. The number of hydrogen-bond acceptors (Lipinski definition) is 2. The molecule has 0 aromatic heterocycles. The number of nitrogens with two attached hydrogens (primary N) is 1. The molecule has 1 aliphatic rings. The zero-order valence-electron chi connectivity index (χ0n) is 13.8. The van der Waals surface area contributed by atoms with Crippen LogP contribution >= 0.6 is 0 Å². The largest absolute Gasteiger partial charge is 0.398 e. The van der Waals surface area contributed by atoms with Gasteiger partial charge in [-0.2, -0.15) is 0 Å². The summed E-state index contributed by atoms with van der Waals surface area (Å²) in [4.78, 5) is 2.48. The highest BCUT2D eigenvalue weighted by Gasteiger charge is 2.22. The lowest BCUT2D eigenvalue weighted by Gasteiger charge is -2.21. The highest BCUT2D eigenvalue weighted by Crippen LogP contribution is 2.36. The monoisotopic (exact) mass is 302 g/mol. The Kier molecular flexibility index (Phi) is 3.26. The molecule has 0 unspecified atom stereocenters. The first kappa shape index (κ1) is 14.1. The third-order valence-corrected chi connectivity index (χ3v) is 5.10. The molecular weight excluding hydrogens is 280 g/mol. The van der Waals surface area contributed by atoms with E-state index in [4.69, 9.17) is 5.73 Å². The van der Waals surface area contributed by atoms with Gasteiger partial charge in [0.15, 0.2) is 0 Å². The SMILES string of the molecule is Cc1cc2c(c(C)c1N)CCN2Cc1ccc2ccccc2c1. The topological polar surface area (TPSA) is 29.3 Å². The highest BCUT2D eigenvalue weighted by molar-refractivity contribution is 5.83. The minimum absolute atomic E-state index is 0.955. The molecule has 1 aliphatic heterocycles. The second kappa shape index (κ2) is 5.31. The molecule has 0 spiro atoms. The van der Waals surface area contributed by atoms with Crippen LogP contribution in [0.15, 0.2) is 48.5 Å². The smallest absolute Gasteiger partial charge is 0.0429 e. The Balaban J connectivity index is 1.68. The minimum atomic E-state index is 0.955. The van der Waals surface area contributed by atoms with Crippen LogP contribution in [0.5, 0.6) is 0 Å². The molecule has 0 saturated heterocycles. The van der Waals surface area contributed by atoms with Crippen LogP contribution in [0.4, 0.5) is 11.4 Å². The van der Waals surface area contributed by atoms with Crippen LogP contribution in [0, 0.1) is 13.8 Å². The average Bonchev–Trinajstić information content (AvgIpc) is 2.95. The van der Waals surface area contributed by atoms with Crippen molar-refractivity contribution in [3.8, 4) is 0 Å². The highest BCUT2D eigenvalue weighted by atomic mass is 15.1. The van der Waals surface area contributed by atoms with Crippen LogP contribution in [0.3, 0.4) is 0 Å². The zero-order valence-corrected chi connectivity index (χ0v) is 13.8. The van der Waals surface area contributed by atoms with E-state index in [0.29, 0.717) is 0 Å². The summed E-state index contributed by atoms with van der Waals surface area (Å²) in [6.45, 7) is 6.29. The minimum Gasteiger partial charge on any atom is -0.398 e. The van der Waals surface area contributed by atoms with Crippen LogP contribution < -0.4 is 10.6 Å². The first-order valence-electron chi connectivity index (χ1n) is 8.24. The molecule has 0 amide bonds. The normalized spacial score (nSPS) is 13.6. The number of anilines is 2. The Morgan fingerprint density at radius 3 is 2.61 bits per heavy atom. The number of fused-ring (bicyclic) bond motifs is 2. The van der Waals surface area contributed by atoms with Gasteiger partial charge in [0.05, 0.1) is 0 Å². The molecular formula is C21H22N2. The van der Waals surface area contributed by atoms with Crippen LogP contribution in [-0.4, -0.2) is 6.54 Å². The Hall–Kier alpha value is -2.48. The van der Waals surface area contributed by atoms with Crippen LogP contribution in [0.1, 0.15) is 22.3 Å². The second-order valence-corrected chi connectivity index (χ2v) is 6.58. The molecule has 4 rings (SSSR count). The lowest BCUT2D eigenvalue weighted by molar-refractivity contribution is 0.836. The van der Waals surface area contributed by atoms with Gasteiger partial charge in [-0.1, -0.05) is 36.4 Å². The van der Waals surface area contributed by atoms with E-state index in [2.05, 4.69) is 67.3 Å². The first-order chi connectivity index (χ1) is 11.1. The van der Waals surface area contributed by atoms with Gasteiger partial charge >= 0.3 is 0 Å². The molecule has 116 valence electrons. The van der Waals surface area contributed by atoms with E-state index in [9.17, 15) is 0 Å². The van der Waals surface area contributed by atoms with Gasteiger partial charge in [-0.05, 0) is 65.4 Å². The maximum Gasteiger partial charge on any atom is 0.0429 e. The number of rotatable bonds is 2. The van der Waals surface area contributed by atoms with Crippen LogP contribution in [-0.2, 0) is 13.0 Å². The van der Waals surface area contributed by atoms with Crippen molar-refractivity contribution in [1.82, 2.24) is 0 Å². The second-order valence-electron chi connectivity index (χ2n) is 6.58. The fourth-order valence-electron chi connectivity index (χ4n) is 3.71. The van der Waals surface area contributed by atoms with Crippen LogP contribution in [0.25, 0.3) is 10.8 Å². The van der Waals surface area contributed by atoms with Crippen molar-refractivity contribution >= 4 is 22.1 Å². The van der Waals surface area contributed by atoms with Gasteiger partial charge < -0.3 is 10.6 Å². The summed E-state index contributed by atoms with van der Waals surface area (Å²) >= 11 is 0. The van der Waals surface area contributed by atoms with Crippen molar-refractivity contribution in [1.29, 1.82) is 0 Å². The standard InChI is InChI=1S/C21H22N2/c1-14-11-20-19(15(2)21(14)22)9-10-23(20)13-16-7-8-17-5-3-4-6-18(17)12-16/h3-8,11-12H,9-10,13,22H2,1-2H3. The Morgan fingerprint density at radius 1 is 1.00 bits per heavy atom. The van der Waals surface area contributed by atoms with E-state index in [1.54, 1.807) is 0 Å². The van der Waals surface area contributed by atoms with Gasteiger partial charge in [0.2, 0.25) is 0 Å². The number of nitrogen functional groups attached to an aromatic ring is 1. The molecule has 3 aromatic carbocycles. The molecule has 23 heavy (non-hydrogen) atoms. The average molecular weight is 302 g/mol. The lowest BCUT2D eigenvalue weighted by Crippen LogP contribution is -2.19. The van der Waals surface area contributed by atoms with Crippen molar-refractivity contribution in [2.24, 2.45) is 0 Å². The summed E-state index contributed by atoms with van der Waals surface area (Å²) in [5, 5.41) is 2.62. The van der Waals surface area contributed by atoms with Crippen molar-refractivity contribution in [2.45, 2.75) is 26.8 Å². The van der Waals surface area contributed by atoms with Gasteiger partial charge in [0.25, 0.3) is 0 Å². The van der Waals surface area contributed by atoms with E-state index >= 15 is 0 Å². The van der Waals surface area contributed by atoms with Gasteiger partial charge in [-0.15, -0.1) is 0 Å². The van der Waals surface area contributed by atoms with Crippen molar-refractivity contribution < 1.29 is 0 Å². The van der Waals surface area contributed by atoms with Gasteiger partial charge in [0.1, 0.15) is 0 Å². The third-order valence-electron chi connectivity index (χ3n) is 5.10. The Labute approximate surface area is 137 Å². The molecule has 0 radical (unpaired) electrons. The fourth-order valence-corrected chi connectivity index (χ4v) is 3.71. The van der Waals surface area contributed by atoms with Crippen LogP contribution in [0.2, 0.25) is 0 Å². The molecule has 2 heteroatoms. The molecule has 2 N–H and O–H groups in total. The summed E-state index contributed by atoms with van der Waals surface area (Å²) < 4.78 is 0. The molecule has 0 bridgehead atoms. The van der Waals surface area contributed by atoms with Gasteiger partial charge in [0, 0.05) is 24.5 Å². The molecule has 1 heterocycles. The Bertz CT molecular complexity index is 896. The van der Waals surface area contributed by atoms with Crippen molar-refractivity contribution in [2.75, 3.05) is 17.2 Å². The lowest BCUT2D eigenvalue weighted by atomic mass is 10.0. The maximum absolute atomic E-state index is 6.20. The quantitative estimate of drug-likeness (QED) is 0.701. The maximum atomic E-state index is 6.20. The third kappa shape index (κ3) is 2.35.